The van der Waals surface area contributed by atoms with E-state index < -0.39 is 0 Å². The zero-order valence-electron chi connectivity index (χ0n) is 13.8. The summed E-state index contributed by atoms with van der Waals surface area (Å²) in [5, 5.41) is 0. The van der Waals surface area contributed by atoms with Gasteiger partial charge in [-0.15, -0.1) is 0 Å². The number of allylic oxidation sites excluding steroid dienone is 1. The summed E-state index contributed by atoms with van der Waals surface area (Å²) in [5.41, 5.74) is 8.85. The van der Waals surface area contributed by atoms with Gasteiger partial charge in [-0.2, -0.15) is 0 Å². The first-order valence-electron chi connectivity index (χ1n) is 8.29. The zero-order chi connectivity index (χ0) is 15.5. The monoisotopic (exact) mass is 366 g/mol. The molecule has 112 valence electrons. The molecule has 0 fully saturated rings. The van der Waals surface area contributed by atoms with Gasteiger partial charge in [-0.3, -0.25) is 0 Å². The molecule has 0 radical (unpaired) electrons. The van der Waals surface area contributed by atoms with Gasteiger partial charge in [-0.05, 0) is 0 Å². The first-order chi connectivity index (χ1) is 10.7. The van der Waals surface area contributed by atoms with Crippen molar-refractivity contribution in [1.82, 2.24) is 0 Å². The molecule has 1 aliphatic rings. The summed E-state index contributed by atoms with van der Waals surface area (Å²) in [6, 6.07) is 15.9. The van der Waals surface area contributed by atoms with Crippen LogP contribution in [0.5, 0.6) is 0 Å². The molecule has 2 aromatic rings. The van der Waals surface area contributed by atoms with E-state index in [1.165, 1.54) is 39.2 Å². The molecular formula is C21H24Zr. The molecule has 0 amide bonds. The molecule has 3 rings (SSSR count). The van der Waals surface area contributed by atoms with Crippen LogP contribution in [-0.4, -0.2) is 0 Å². The maximum atomic E-state index is 2.51. The third-order valence-corrected chi connectivity index (χ3v) is 6.61. The molecule has 22 heavy (non-hydrogen) atoms. The van der Waals surface area contributed by atoms with Gasteiger partial charge >= 0.3 is 147 Å². The fourth-order valence-corrected chi connectivity index (χ4v) is 5.69. The van der Waals surface area contributed by atoms with Crippen LogP contribution in [0.3, 0.4) is 0 Å². The molecule has 0 heterocycles. The zero-order valence-corrected chi connectivity index (χ0v) is 16.3. The second kappa shape index (κ2) is 7.09. The van der Waals surface area contributed by atoms with Gasteiger partial charge in [-0.25, -0.2) is 0 Å². The summed E-state index contributed by atoms with van der Waals surface area (Å²) >= 11 is -0.188. The molecule has 1 aliphatic carbocycles. The van der Waals surface area contributed by atoms with Crippen molar-refractivity contribution in [2.24, 2.45) is 0 Å². The summed E-state index contributed by atoms with van der Waals surface area (Å²) < 4.78 is 3.91. The van der Waals surface area contributed by atoms with Crippen molar-refractivity contribution < 1.29 is 23.2 Å². The van der Waals surface area contributed by atoms with E-state index >= 15 is 0 Å². The molecule has 1 heteroatoms. The third kappa shape index (κ3) is 3.06. The minimum absolute atomic E-state index is 0.188. The van der Waals surface area contributed by atoms with Crippen LogP contribution in [0.15, 0.2) is 48.0 Å². The molecule has 0 saturated heterocycles. The van der Waals surface area contributed by atoms with Crippen LogP contribution in [0, 0.1) is 6.92 Å². The number of rotatable bonds is 5. The Balaban J connectivity index is 2.07. The van der Waals surface area contributed by atoms with Crippen molar-refractivity contribution in [3.63, 3.8) is 0 Å². The predicted molar refractivity (Wildman–Crippen MR) is 92.9 cm³/mol. The Morgan fingerprint density at radius 2 is 1.82 bits per heavy atom. The van der Waals surface area contributed by atoms with E-state index in [4.69, 9.17) is 0 Å². The molecule has 0 N–H and O–H groups in total. The maximum absolute atomic E-state index is 2.51. The van der Waals surface area contributed by atoms with Gasteiger partial charge in [-0.1, -0.05) is 0 Å². The average Bonchev–Trinajstić information content (AvgIpc) is 2.87. The quantitative estimate of drug-likeness (QED) is 0.566. The summed E-state index contributed by atoms with van der Waals surface area (Å²) in [5.74, 6) is 0.719. The fourth-order valence-electron chi connectivity index (χ4n) is 3.50. The minimum atomic E-state index is -0.188. The number of benzene rings is 2. The summed E-state index contributed by atoms with van der Waals surface area (Å²) in [7, 11) is 0. The van der Waals surface area contributed by atoms with E-state index in [2.05, 4.69) is 67.0 Å². The fraction of sp³-hybridized carbons (Fsp3) is 0.333. The average molecular weight is 368 g/mol. The SMILES string of the molecule is CCCC1=Cc2c(-c3ccc(C)cc3)cccc2C1[CH2][Zr][CH3]. The van der Waals surface area contributed by atoms with E-state index in [-0.39, 0.29) is 23.2 Å². The molecule has 1 unspecified atom stereocenters. The van der Waals surface area contributed by atoms with Gasteiger partial charge in [0.1, 0.15) is 0 Å². The van der Waals surface area contributed by atoms with Crippen LogP contribution >= 0.6 is 0 Å². The normalized spacial score (nSPS) is 16.3. The van der Waals surface area contributed by atoms with Crippen molar-refractivity contribution in [2.45, 2.75) is 41.4 Å². The van der Waals surface area contributed by atoms with Gasteiger partial charge in [0, 0.05) is 0 Å². The van der Waals surface area contributed by atoms with Gasteiger partial charge < -0.3 is 0 Å². The molecule has 0 saturated carbocycles. The molecule has 1 atom stereocenters. The van der Waals surface area contributed by atoms with E-state index in [9.17, 15) is 0 Å². The van der Waals surface area contributed by atoms with Crippen LogP contribution in [0.25, 0.3) is 17.2 Å². The molecule has 0 aliphatic heterocycles. The van der Waals surface area contributed by atoms with Crippen molar-refractivity contribution >= 4 is 6.08 Å². The number of hydrogen-bond donors (Lipinski definition) is 0. The topological polar surface area (TPSA) is 0 Å². The Labute approximate surface area is 146 Å². The molecule has 0 aromatic heterocycles. The van der Waals surface area contributed by atoms with Crippen LogP contribution in [0.4, 0.5) is 0 Å². The van der Waals surface area contributed by atoms with Crippen LogP contribution in [-0.2, 0) is 23.2 Å². The third-order valence-electron chi connectivity index (χ3n) is 4.60. The van der Waals surface area contributed by atoms with E-state index in [1.54, 1.807) is 11.1 Å². The summed E-state index contributed by atoms with van der Waals surface area (Å²) in [4.78, 5) is 0. The van der Waals surface area contributed by atoms with Crippen LogP contribution in [0.2, 0.25) is 8.76 Å². The van der Waals surface area contributed by atoms with Crippen LogP contribution < -0.4 is 0 Å². The molecule has 2 aromatic carbocycles. The Morgan fingerprint density at radius 1 is 1.05 bits per heavy atom. The van der Waals surface area contributed by atoms with E-state index in [0.717, 1.165) is 5.92 Å². The van der Waals surface area contributed by atoms with Crippen molar-refractivity contribution in [1.29, 1.82) is 0 Å². The van der Waals surface area contributed by atoms with E-state index in [1.807, 2.05) is 0 Å². The first-order valence-corrected chi connectivity index (χ1v) is 12.5. The van der Waals surface area contributed by atoms with Gasteiger partial charge in [0.25, 0.3) is 0 Å². The Hall–Kier alpha value is -0.937. The Morgan fingerprint density at radius 3 is 2.50 bits per heavy atom. The second-order valence-corrected chi connectivity index (χ2v) is 9.00. The number of aryl methyl sites for hydroxylation is 1. The van der Waals surface area contributed by atoms with Gasteiger partial charge in [0.15, 0.2) is 0 Å². The molecular weight excluding hydrogens is 343 g/mol. The van der Waals surface area contributed by atoms with Crippen molar-refractivity contribution in [3.05, 3.63) is 64.7 Å². The standard InChI is InChI=1S/C20H21.CH3.Zr/c1-4-6-17-13-20-18(15(17)3)7-5-8-19(20)16-11-9-14(2)10-12-16;;/h5,7-13,15H,3-4,6H2,1-2H3;1H3;. The molecule has 0 nitrogen and oxygen atoms in total. The first kappa shape index (κ1) is 15.9. The molecule has 0 spiro atoms. The Bertz CT molecular complexity index is 680. The Kier molecular flexibility index (Phi) is 5.14. The van der Waals surface area contributed by atoms with Gasteiger partial charge in [0.05, 0.1) is 0 Å². The number of hydrogen-bond acceptors (Lipinski definition) is 0. The van der Waals surface area contributed by atoms with Gasteiger partial charge in [0.2, 0.25) is 0 Å². The van der Waals surface area contributed by atoms with Crippen molar-refractivity contribution in [3.8, 4) is 11.1 Å². The summed E-state index contributed by atoms with van der Waals surface area (Å²) in [6.07, 6.45) is 5.02. The van der Waals surface area contributed by atoms with Crippen LogP contribution in [0.1, 0.15) is 42.4 Å². The number of fused-ring (bicyclic) bond motifs is 1. The summed E-state index contributed by atoms with van der Waals surface area (Å²) in [6.45, 7) is 4.45. The second-order valence-electron chi connectivity index (χ2n) is 6.25. The molecule has 0 bridgehead atoms. The predicted octanol–water partition coefficient (Wildman–Crippen LogP) is 6.49. The van der Waals surface area contributed by atoms with Crippen molar-refractivity contribution in [2.75, 3.05) is 0 Å². The van der Waals surface area contributed by atoms with E-state index in [0.29, 0.717) is 0 Å².